The Morgan fingerprint density at radius 3 is 1.86 bits per heavy atom. The van der Waals surface area contributed by atoms with Crippen LogP contribution in [0.25, 0.3) is 0 Å². The average Bonchev–Trinajstić information content (AvgIpc) is 2.60. The molecule has 0 aromatic heterocycles. The lowest BCUT2D eigenvalue weighted by atomic mass is 10.3. The highest BCUT2D eigenvalue weighted by molar-refractivity contribution is 5.51. The number of benzene rings is 2. The van der Waals surface area contributed by atoms with Crippen LogP contribution < -0.4 is 9.47 Å². The Morgan fingerprint density at radius 2 is 1.41 bits per heavy atom. The van der Waals surface area contributed by atoms with E-state index in [-0.39, 0.29) is 19.8 Å². The van der Waals surface area contributed by atoms with E-state index in [4.69, 9.17) is 19.7 Å². The molecule has 5 heteroatoms. The molecule has 0 aliphatic heterocycles. The first-order valence-electron chi connectivity index (χ1n) is 6.84. The lowest BCUT2D eigenvalue weighted by Gasteiger charge is -2.08. The van der Waals surface area contributed by atoms with Crippen molar-refractivity contribution >= 4 is 6.29 Å². The van der Waals surface area contributed by atoms with Gasteiger partial charge in [-0.05, 0) is 24.3 Å². The molecular weight excluding hydrogens is 284 g/mol. The Bertz CT molecular complexity index is 501. The van der Waals surface area contributed by atoms with Crippen LogP contribution in [0.1, 0.15) is 0 Å². The molecule has 2 N–H and O–H groups in total. The molecule has 1 unspecified atom stereocenters. The SMILES string of the molecule is O=CCOc1ccccc1.OCC(O)COc1ccccc1. The topological polar surface area (TPSA) is 76.0 Å². The van der Waals surface area contributed by atoms with Crippen molar-refractivity contribution in [2.24, 2.45) is 0 Å². The van der Waals surface area contributed by atoms with E-state index in [2.05, 4.69) is 0 Å². The van der Waals surface area contributed by atoms with Gasteiger partial charge in [-0.15, -0.1) is 0 Å². The number of aliphatic hydroxyl groups is 2. The molecule has 2 aromatic carbocycles. The number of carbonyl (C=O) groups excluding carboxylic acids is 1. The summed E-state index contributed by atoms with van der Waals surface area (Å²) in [5, 5.41) is 17.4. The monoisotopic (exact) mass is 304 g/mol. The third-order valence-electron chi connectivity index (χ3n) is 2.46. The molecule has 0 saturated heterocycles. The summed E-state index contributed by atoms with van der Waals surface area (Å²) in [6.45, 7) is -0.0165. The number of ether oxygens (including phenoxy) is 2. The van der Waals surface area contributed by atoms with Gasteiger partial charge in [-0.1, -0.05) is 36.4 Å². The Balaban J connectivity index is 0.000000224. The van der Waals surface area contributed by atoms with Crippen molar-refractivity contribution in [3.63, 3.8) is 0 Å². The number of aliphatic hydroxyl groups excluding tert-OH is 2. The predicted molar refractivity (Wildman–Crippen MR) is 83.0 cm³/mol. The molecule has 0 bridgehead atoms. The Morgan fingerprint density at radius 1 is 0.909 bits per heavy atom. The summed E-state index contributed by atoms with van der Waals surface area (Å²) in [5.74, 6) is 1.43. The summed E-state index contributed by atoms with van der Waals surface area (Å²) >= 11 is 0. The minimum atomic E-state index is -0.801. The molecule has 118 valence electrons. The van der Waals surface area contributed by atoms with Crippen molar-refractivity contribution in [3.8, 4) is 11.5 Å². The van der Waals surface area contributed by atoms with E-state index in [1.165, 1.54) is 0 Å². The van der Waals surface area contributed by atoms with Gasteiger partial charge in [0, 0.05) is 0 Å². The molecule has 0 fully saturated rings. The smallest absolute Gasteiger partial charge is 0.157 e. The number of rotatable bonds is 7. The molecule has 0 aliphatic rings. The molecule has 0 aliphatic carbocycles. The van der Waals surface area contributed by atoms with E-state index in [0.717, 1.165) is 12.0 Å². The van der Waals surface area contributed by atoms with E-state index < -0.39 is 6.10 Å². The van der Waals surface area contributed by atoms with Crippen LogP contribution in [0.4, 0.5) is 0 Å². The van der Waals surface area contributed by atoms with Crippen molar-refractivity contribution in [2.45, 2.75) is 6.10 Å². The summed E-state index contributed by atoms with van der Waals surface area (Å²) in [6, 6.07) is 18.4. The molecule has 22 heavy (non-hydrogen) atoms. The van der Waals surface area contributed by atoms with Crippen molar-refractivity contribution in [2.75, 3.05) is 19.8 Å². The third-order valence-corrected chi connectivity index (χ3v) is 2.46. The highest BCUT2D eigenvalue weighted by Crippen LogP contribution is 2.08. The number of hydrogen-bond acceptors (Lipinski definition) is 5. The van der Waals surface area contributed by atoms with Crippen LogP contribution in [0, 0.1) is 0 Å². The fourth-order valence-corrected chi connectivity index (χ4v) is 1.41. The predicted octanol–water partition coefficient (Wildman–Crippen LogP) is 1.68. The van der Waals surface area contributed by atoms with Gasteiger partial charge in [0.15, 0.2) is 6.29 Å². The molecule has 2 aromatic rings. The van der Waals surface area contributed by atoms with Gasteiger partial charge >= 0.3 is 0 Å². The maximum atomic E-state index is 9.85. The van der Waals surface area contributed by atoms with Crippen molar-refractivity contribution < 1.29 is 24.5 Å². The average molecular weight is 304 g/mol. The zero-order chi connectivity index (χ0) is 16.0. The maximum Gasteiger partial charge on any atom is 0.157 e. The van der Waals surface area contributed by atoms with Gasteiger partial charge in [0.25, 0.3) is 0 Å². The van der Waals surface area contributed by atoms with Gasteiger partial charge in [-0.3, -0.25) is 4.79 Å². The normalized spacial score (nSPS) is 10.8. The standard InChI is InChI=1S/C9H12O3.C8H8O2/c10-6-8(11)7-12-9-4-2-1-3-5-9;9-6-7-10-8-4-2-1-3-5-8/h1-5,8,10-11H,6-7H2;1-6H,7H2. The summed E-state index contributed by atoms with van der Waals surface area (Å²) < 4.78 is 10.1. The quantitative estimate of drug-likeness (QED) is 0.761. The Kier molecular flexibility index (Phi) is 9.09. The molecule has 5 nitrogen and oxygen atoms in total. The summed E-state index contributed by atoms with van der Waals surface area (Å²) in [4.78, 5) is 9.85. The molecule has 0 radical (unpaired) electrons. The highest BCUT2D eigenvalue weighted by atomic mass is 16.5. The van der Waals surface area contributed by atoms with Gasteiger partial charge in [0.05, 0.1) is 6.61 Å². The molecule has 0 heterocycles. The van der Waals surface area contributed by atoms with Gasteiger partial charge in [0.2, 0.25) is 0 Å². The minimum Gasteiger partial charge on any atom is -0.491 e. The van der Waals surface area contributed by atoms with E-state index in [1.54, 1.807) is 12.1 Å². The molecule has 0 amide bonds. The van der Waals surface area contributed by atoms with Gasteiger partial charge in [-0.25, -0.2) is 0 Å². The van der Waals surface area contributed by atoms with E-state index >= 15 is 0 Å². The molecular formula is C17H20O5. The second kappa shape index (κ2) is 11.3. The summed E-state index contributed by atoms with van der Waals surface area (Å²) in [7, 11) is 0. The van der Waals surface area contributed by atoms with Crippen LogP contribution in [0.5, 0.6) is 11.5 Å². The third kappa shape index (κ3) is 8.04. The second-order valence-corrected chi connectivity index (χ2v) is 4.25. The highest BCUT2D eigenvalue weighted by Gasteiger charge is 2.01. The van der Waals surface area contributed by atoms with Crippen molar-refractivity contribution in [3.05, 3.63) is 60.7 Å². The van der Waals surface area contributed by atoms with Gasteiger partial charge < -0.3 is 19.7 Å². The molecule has 0 spiro atoms. The number of para-hydroxylation sites is 2. The van der Waals surface area contributed by atoms with Gasteiger partial charge in [-0.2, -0.15) is 0 Å². The van der Waals surface area contributed by atoms with E-state index in [0.29, 0.717) is 5.75 Å². The fourth-order valence-electron chi connectivity index (χ4n) is 1.41. The Hall–Kier alpha value is -2.37. The first-order chi connectivity index (χ1) is 10.8. The first kappa shape index (κ1) is 17.7. The largest absolute Gasteiger partial charge is 0.491 e. The second-order valence-electron chi connectivity index (χ2n) is 4.25. The minimum absolute atomic E-state index is 0.126. The first-order valence-corrected chi connectivity index (χ1v) is 6.84. The van der Waals surface area contributed by atoms with E-state index in [9.17, 15) is 4.79 Å². The molecule has 0 saturated carbocycles. The van der Waals surface area contributed by atoms with Crippen molar-refractivity contribution in [1.29, 1.82) is 0 Å². The molecule has 2 rings (SSSR count). The van der Waals surface area contributed by atoms with E-state index in [1.807, 2.05) is 48.5 Å². The number of carbonyl (C=O) groups is 1. The molecule has 1 atom stereocenters. The van der Waals surface area contributed by atoms with Crippen LogP contribution in [0.15, 0.2) is 60.7 Å². The van der Waals surface area contributed by atoms with Crippen molar-refractivity contribution in [1.82, 2.24) is 0 Å². The summed E-state index contributed by atoms with van der Waals surface area (Å²) in [5.41, 5.74) is 0. The van der Waals surface area contributed by atoms with Crippen LogP contribution >= 0.6 is 0 Å². The lowest BCUT2D eigenvalue weighted by molar-refractivity contribution is -0.109. The van der Waals surface area contributed by atoms with Crippen LogP contribution in [0.2, 0.25) is 0 Å². The van der Waals surface area contributed by atoms with Crippen LogP contribution in [-0.2, 0) is 4.79 Å². The maximum absolute atomic E-state index is 9.85. The lowest BCUT2D eigenvalue weighted by Crippen LogP contribution is -2.21. The van der Waals surface area contributed by atoms with Crippen LogP contribution in [0.3, 0.4) is 0 Å². The number of aldehydes is 1. The fraction of sp³-hybridized carbons (Fsp3) is 0.235. The number of hydrogen-bond donors (Lipinski definition) is 2. The Labute approximate surface area is 129 Å². The van der Waals surface area contributed by atoms with Gasteiger partial charge in [0.1, 0.15) is 30.8 Å². The summed E-state index contributed by atoms with van der Waals surface area (Å²) in [6.07, 6.45) is -0.0716. The zero-order valence-corrected chi connectivity index (χ0v) is 12.2. The zero-order valence-electron chi connectivity index (χ0n) is 12.2. The van der Waals surface area contributed by atoms with Crippen LogP contribution in [-0.4, -0.2) is 42.4 Å².